The Morgan fingerprint density at radius 1 is 1.43 bits per heavy atom. The Morgan fingerprint density at radius 2 is 2.14 bits per heavy atom. The average molecular weight is 192 g/mol. The molecule has 2 heteroatoms. The zero-order valence-electron chi connectivity index (χ0n) is 7.91. The van der Waals surface area contributed by atoms with Gasteiger partial charge in [-0.15, -0.1) is 13.2 Å². The van der Waals surface area contributed by atoms with Crippen molar-refractivity contribution < 1.29 is 9.50 Å². The van der Waals surface area contributed by atoms with Crippen LogP contribution in [0.25, 0.3) is 0 Å². The van der Waals surface area contributed by atoms with E-state index in [4.69, 9.17) is 0 Å². The number of hydrogen-bond donors (Lipinski definition) is 1. The summed E-state index contributed by atoms with van der Waals surface area (Å²) in [4.78, 5) is 0. The number of benzene rings is 1. The molecule has 0 aliphatic carbocycles. The molecule has 0 heterocycles. The van der Waals surface area contributed by atoms with Crippen molar-refractivity contribution in [3.63, 3.8) is 0 Å². The van der Waals surface area contributed by atoms with Gasteiger partial charge in [0.15, 0.2) is 0 Å². The third-order valence-electron chi connectivity index (χ3n) is 2.01. The van der Waals surface area contributed by atoms with Gasteiger partial charge in [0.1, 0.15) is 5.82 Å². The minimum Gasteiger partial charge on any atom is -0.384 e. The summed E-state index contributed by atoms with van der Waals surface area (Å²) < 4.78 is 12.9. The molecule has 0 aliphatic heterocycles. The highest BCUT2D eigenvalue weighted by Gasteiger charge is 2.09. The second-order valence-electron chi connectivity index (χ2n) is 3.02. The third-order valence-corrected chi connectivity index (χ3v) is 2.01. The summed E-state index contributed by atoms with van der Waals surface area (Å²) in [6.07, 6.45) is 2.88. The first-order chi connectivity index (χ1) is 6.69. The largest absolute Gasteiger partial charge is 0.384 e. The molecule has 1 nitrogen and oxygen atoms in total. The molecule has 1 aromatic rings. The molecule has 0 aromatic heterocycles. The van der Waals surface area contributed by atoms with Gasteiger partial charge < -0.3 is 5.11 Å². The van der Waals surface area contributed by atoms with Crippen molar-refractivity contribution in [1.29, 1.82) is 0 Å². The minimum absolute atomic E-state index is 0.353. The van der Waals surface area contributed by atoms with Crippen molar-refractivity contribution >= 4 is 0 Å². The highest BCUT2D eigenvalue weighted by Crippen LogP contribution is 2.20. The van der Waals surface area contributed by atoms with Crippen LogP contribution < -0.4 is 0 Å². The topological polar surface area (TPSA) is 20.2 Å². The van der Waals surface area contributed by atoms with Crippen LogP contribution in [0, 0.1) is 5.82 Å². The molecule has 1 unspecified atom stereocenters. The van der Waals surface area contributed by atoms with Crippen LogP contribution in [-0.4, -0.2) is 5.11 Å². The van der Waals surface area contributed by atoms with Crippen LogP contribution in [0.3, 0.4) is 0 Å². The maximum atomic E-state index is 12.9. The van der Waals surface area contributed by atoms with Gasteiger partial charge in [-0.1, -0.05) is 18.2 Å². The Kier molecular flexibility index (Phi) is 3.60. The van der Waals surface area contributed by atoms with Gasteiger partial charge in [0.25, 0.3) is 0 Å². The molecule has 0 saturated carbocycles. The number of allylic oxidation sites excluding steroid dienone is 1. The van der Waals surface area contributed by atoms with Crippen LogP contribution in [0.15, 0.2) is 43.5 Å². The monoisotopic (exact) mass is 192 g/mol. The van der Waals surface area contributed by atoms with Crippen molar-refractivity contribution in [1.82, 2.24) is 0 Å². The molecule has 0 amide bonds. The average Bonchev–Trinajstić information content (AvgIpc) is 2.20. The molecular formula is C12H13FO. The fourth-order valence-electron chi connectivity index (χ4n) is 1.31. The smallest absolute Gasteiger partial charge is 0.123 e. The Bertz CT molecular complexity index is 344. The maximum absolute atomic E-state index is 12.9. The summed E-state index contributed by atoms with van der Waals surface area (Å²) in [5.74, 6) is -0.353. The van der Waals surface area contributed by atoms with E-state index in [0.717, 1.165) is 5.56 Å². The zero-order chi connectivity index (χ0) is 10.6. The first-order valence-corrected chi connectivity index (χ1v) is 4.39. The van der Waals surface area contributed by atoms with Gasteiger partial charge in [-0.2, -0.15) is 0 Å². The fourth-order valence-corrected chi connectivity index (χ4v) is 1.31. The molecule has 14 heavy (non-hydrogen) atoms. The molecule has 74 valence electrons. The van der Waals surface area contributed by atoms with E-state index in [9.17, 15) is 9.50 Å². The molecule has 1 N–H and O–H groups in total. The van der Waals surface area contributed by atoms with Crippen LogP contribution in [-0.2, 0) is 6.42 Å². The molecule has 0 fully saturated rings. The van der Waals surface area contributed by atoms with Crippen molar-refractivity contribution in [3.8, 4) is 0 Å². The predicted octanol–water partition coefficient (Wildman–Crippen LogP) is 2.77. The summed E-state index contributed by atoms with van der Waals surface area (Å²) in [7, 11) is 0. The van der Waals surface area contributed by atoms with Crippen LogP contribution >= 0.6 is 0 Å². The Morgan fingerprint density at radius 3 is 2.71 bits per heavy atom. The molecule has 0 saturated heterocycles. The Labute approximate surface area is 83.2 Å². The van der Waals surface area contributed by atoms with Crippen molar-refractivity contribution in [2.45, 2.75) is 12.5 Å². The van der Waals surface area contributed by atoms with Gasteiger partial charge in [0.05, 0.1) is 6.10 Å². The Balaban J connectivity index is 3.14. The lowest BCUT2D eigenvalue weighted by Crippen LogP contribution is -1.99. The highest BCUT2D eigenvalue weighted by molar-refractivity contribution is 5.33. The number of rotatable bonds is 4. The lowest BCUT2D eigenvalue weighted by atomic mass is 10.00. The molecule has 1 atom stereocenters. The number of aliphatic hydroxyl groups excluding tert-OH is 1. The van der Waals surface area contributed by atoms with Gasteiger partial charge in [0, 0.05) is 0 Å². The standard InChI is InChI=1S/C12H13FO/c1-3-5-9-6-7-10(13)8-11(9)12(14)4-2/h3-4,6-8,12,14H,1-2,5H2. The van der Waals surface area contributed by atoms with E-state index in [0.29, 0.717) is 12.0 Å². The van der Waals surface area contributed by atoms with Gasteiger partial charge in [0.2, 0.25) is 0 Å². The van der Waals surface area contributed by atoms with Crippen molar-refractivity contribution in [2.75, 3.05) is 0 Å². The first-order valence-electron chi connectivity index (χ1n) is 4.39. The van der Waals surface area contributed by atoms with E-state index >= 15 is 0 Å². The van der Waals surface area contributed by atoms with Gasteiger partial charge in [-0.25, -0.2) is 4.39 Å². The lowest BCUT2D eigenvalue weighted by Gasteiger charge is -2.11. The van der Waals surface area contributed by atoms with Crippen LogP contribution in [0.1, 0.15) is 17.2 Å². The second kappa shape index (κ2) is 4.72. The number of hydrogen-bond acceptors (Lipinski definition) is 1. The third kappa shape index (κ3) is 2.30. The van der Waals surface area contributed by atoms with E-state index in [2.05, 4.69) is 13.2 Å². The van der Waals surface area contributed by atoms with Gasteiger partial charge >= 0.3 is 0 Å². The summed E-state index contributed by atoms with van der Waals surface area (Å²) in [6, 6.07) is 4.35. The summed E-state index contributed by atoms with van der Waals surface area (Å²) >= 11 is 0. The quantitative estimate of drug-likeness (QED) is 0.727. The summed E-state index contributed by atoms with van der Waals surface area (Å²) in [5.41, 5.74) is 1.42. The summed E-state index contributed by atoms with van der Waals surface area (Å²) in [6.45, 7) is 7.07. The van der Waals surface area contributed by atoms with E-state index in [-0.39, 0.29) is 5.82 Å². The number of aliphatic hydroxyl groups is 1. The van der Waals surface area contributed by atoms with Gasteiger partial charge in [-0.05, 0) is 29.7 Å². The zero-order valence-corrected chi connectivity index (χ0v) is 7.91. The van der Waals surface area contributed by atoms with Crippen LogP contribution in [0.4, 0.5) is 4.39 Å². The van der Waals surface area contributed by atoms with Crippen LogP contribution in [0.5, 0.6) is 0 Å². The second-order valence-corrected chi connectivity index (χ2v) is 3.02. The minimum atomic E-state index is -0.819. The molecule has 0 radical (unpaired) electrons. The lowest BCUT2D eigenvalue weighted by molar-refractivity contribution is 0.227. The highest BCUT2D eigenvalue weighted by atomic mass is 19.1. The fraction of sp³-hybridized carbons (Fsp3) is 0.167. The van der Waals surface area contributed by atoms with E-state index < -0.39 is 6.10 Å². The van der Waals surface area contributed by atoms with E-state index in [1.807, 2.05) is 0 Å². The summed E-state index contributed by atoms with van der Waals surface area (Å²) in [5, 5.41) is 9.54. The maximum Gasteiger partial charge on any atom is 0.123 e. The molecule has 0 spiro atoms. The molecule has 0 aliphatic rings. The number of halogens is 1. The molecule has 1 rings (SSSR count). The van der Waals surface area contributed by atoms with Gasteiger partial charge in [-0.3, -0.25) is 0 Å². The normalized spacial score (nSPS) is 12.1. The molecular weight excluding hydrogens is 179 g/mol. The Hall–Kier alpha value is -1.41. The SMILES string of the molecule is C=CCc1ccc(F)cc1C(O)C=C. The van der Waals surface area contributed by atoms with Crippen molar-refractivity contribution in [3.05, 3.63) is 60.5 Å². The van der Waals surface area contributed by atoms with E-state index in [1.165, 1.54) is 18.2 Å². The van der Waals surface area contributed by atoms with Crippen molar-refractivity contribution in [2.24, 2.45) is 0 Å². The van der Waals surface area contributed by atoms with E-state index in [1.54, 1.807) is 12.1 Å². The predicted molar refractivity (Wildman–Crippen MR) is 55.5 cm³/mol. The molecule has 0 bridgehead atoms. The first kappa shape index (κ1) is 10.7. The molecule has 1 aromatic carbocycles. The van der Waals surface area contributed by atoms with Crippen LogP contribution in [0.2, 0.25) is 0 Å².